The monoisotopic (exact) mass is 343 g/mol. The Morgan fingerprint density at radius 2 is 2.08 bits per heavy atom. The molecule has 1 aliphatic rings. The first-order chi connectivity index (χ1) is 12.1. The lowest BCUT2D eigenvalue weighted by Crippen LogP contribution is -2.44. The Kier molecular flexibility index (Phi) is 5.26. The van der Waals surface area contributed by atoms with E-state index in [1.165, 1.54) is 0 Å². The van der Waals surface area contributed by atoms with E-state index in [2.05, 4.69) is 16.8 Å². The topological polar surface area (TPSA) is 63.6 Å². The molecule has 0 bridgehead atoms. The van der Waals surface area contributed by atoms with Crippen LogP contribution in [0.1, 0.15) is 26.7 Å². The van der Waals surface area contributed by atoms with Gasteiger partial charge in [0, 0.05) is 31.2 Å². The minimum absolute atomic E-state index is 0.159. The average molecular weight is 343 g/mol. The van der Waals surface area contributed by atoms with Crippen molar-refractivity contribution in [2.45, 2.75) is 33.2 Å². The molecule has 1 unspecified atom stereocenters. The Morgan fingerprint density at radius 3 is 2.84 bits per heavy atom. The standard InChI is InChI=1S/C19H25N3O3/c1-3-21-13-16(15-9-5-6-10-17(15)21)20-19(24)22-11-7-8-14(12-22)18(23)25-4-2/h5-6,9-10,13-14H,3-4,7-8,11-12H2,1-2H3,(H,20,24). The van der Waals surface area contributed by atoms with Crippen LogP contribution in [0.15, 0.2) is 30.5 Å². The maximum atomic E-state index is 12.7. The maximum absolute atomic E-state index is 12.7. The van der Waals surface area contributed by atoms with Crippen LogP contribution in [-0.2, 0) is 16.1 Å². The second-order valence-corrected chi connectivity index (χ2v) is 6.31. The highest BCUT2D eigenvalue weighted by molar-refractivity contribution is 6.01. The summed E-state index contributed by atoms with van der Waals surface area (Å²) in [4.78, 5) is 26.4. The average Bonchev–Trinajstić information content (AvgIpc) is 3.00. The van der Waals surface area contributed by atoms with Crippen molar-refractivity contribution in [3.8, 4) is 0 Å². The van der Waals surface area contributed by atoms with E-state index in [-0.39, 0.29) is 17.9 Å². The van der Waals surface area contributed by atoms with E-state index in [1.54, 1.807) is 11.8 Å². The third kappa shape index (κ3) is 3.62. The van der Waals surface area contributed by atoms with E-state index >= 15 is 0 Å². The summed E-state index contributed by atoms with van der Waals surface area (Å²) in [6.07, 6.45) is 3.56. The highest BCUT2D eigenvalue weighted by atomic mass is 16.5. The normalized spacial score (nSPS) is 17.5. The number of ether oxygens (including phenoxy) is 1. The highest BCUT2D eigenvalue weighted by Gasteiger charge is 2.29. The third-order valence-electron chi connectivity index (χ3n) is 4.70. The zero-order valence-electron chi connectivity index (χ0n) is 14.8. The number of amides is 2. The van der Waals surface area contributed by atoms with Crippen molar-refractivity contribution < 1.29 is 14.3 Å². The lowest BCUT2D eigenvalue weighted by atomic mass is 9.98. The predicted octanol–water partition coefficient (Wildman–Crippen LogP) is 3.47. The Hall–Kier alpha value is -2.50. The van der Waals surface area contributed by atoms with Crippen LogP contribution >= 0.6 is 0 Å². The molecule has 2 heterocycles. The SMILES string of the molecule is CCOC(=O)C1CCCN(C(=O)Nc2cn(CC)c3ccccc23)C1. The molecule has 1 saturated heterocycles. The number of carbonyl (C=O) groups is 2. The van der Waals surface area contributed by atoms with Crippen LogP contribution in [0.3, 0.4) is 0 Å². The van der Waals surface area contributed by atoms with Crippen LogP contribution in [0, 0.1) is 5.92 Å². The second kappa shape index (κ2) is 7.59. The van der Waals surface area contributed by atoms with Crippen molar-refractivity contribution in [3.63, 3.8) is 0 Å². The fourth-order valence-corrected chi connectivity index (χ4v) is 3.42. The number of nitrogens with one attached hydrogen (secondary N) is 1. The molecule has 1 fully saturated rings. The van der Waals surface area contributed by atoms with E-state index in [9.17, 15) is 9.59 Å². The number of aromatic nitrogens is 1. The van der Waals surface area contributed by atoms with Crippen molar-refractivity contribution in [1.29, 1.82) is 0 Å². The van der Waals surface area contributed by atoms with Gasteiger partial charge in [-0.2, -0.15) is 0 Å². The van der Waals surface area contributed by atoms with Crippen molar-refractivity contribution in [3.05, 3.63) is 30.5 Å². The highest BCUT2D eigenvalue weighted by Crippen LogP contribution is 2.27. The van der Waals surface area contributed by atoms with Gasteiger partial charge in [0.1, 0.15) is 0 Å². The van der Waals surface area contributed by atoms with E-state index in [0.29, 0.717) is 19.7 Å². The van der Waals surface area contributed by atoms with E-state index in [4.69, 9.17) is 4.74 Å². The van der Waals surface area contributed by atoms with Crippen molar-refractivity contribution in [2.24, 2.45) is 5.92 Å². The molecule has 25 heavy (non-hydrogen) atoms. The Morgan fingerprint density at radius 1 is 1.28 bits per heavy atom. The second-order valence-electron chi connectivity index (χ2n) is 6.31. The molecular formula is C19H25N3O3. The molecule has 1 aromatic carbocycles. The number of aryl methyl sites for hydroxylation is 1. The number of urea groups is 1. The first-order valence-corrected chi connectivity index (χ1v) is 8.94. The molecule has 2 aromatic rings. The largest absolute Gasteiger partial charge is 0.466 e. The fraction of sp³-hybridized carbons (Fsp3) is 0.474. The number of likely N-dealkylation sites (tertiary alicyclic amines) is 1. The lowest BCUT2D eigenvalue weighted by Gasteiger charge is -2.31. The first-order valence-electron chi connectivity index (χ1n) is 8.94. The molecule has 0 saturated carbocycles. The summed E-state index contributed by atoms with van der Waals surface area (Å²) in [6, 6.07) is 7.86. The maximum Gasteiger partial charge on any atom is 0.321 e. The van der Waals surface area contributed by atoms with Gasteiger partial charge in [-0.05, 0) is 32.8 Å². The van der Waals surface area contributed by atoms with Gasteiger partial charge in [-0.25, -0.2) is 4.79 Å². The van der Waals surface area contributed by atoms with Crippen LogP contribution in [0.2, 0.25) is 0 Å². The summed E-state index contributed by atoms with van der Waals surface area (Å²) < 4.78 is 7.22. The van der Waals surface area contributed by atoms with Gasteiger partial charge in [-0.1, -0.05) is 18.2 Å². The number of rotatable bonds is 4. The number of piperidine rings is 1. The van der Waals surface area contributed by atoms with Gasteiger partial charge in [-0.3, -0.25) is 4.79 Å². The molecular weight excluding hydrogens is 318 g/mol. The molecule has 0 aliphatic carbocycles. The molecule has 1 aliphatic heterocycles. The minimum atomic E-state index is -0.226. The van der Waals surface area contributed by atoms with Gasteiger partial charge >= 0.3 is 12.0 Å². The predicted molar refractivity (Wildman–Crippen MR) is 97.6 cm³/mol. The number of esters is 1. The third-order valence-corrected chi connectivity index (χ3v) is 4.70. The van der Waals surface area contributed by atoms with Crippen molar-refractivity contribution >= 4 is 28.6 Å². The van der Waals surface area contributed by atoms with Crippen molar-refractivity contribution in [2.75, 3.05) is 25.0 Å². The molecule has 134 valence electrons. The molecule has 6 nitrogen and oxygen atoms in total. The van der Waals surface area contributed by atoms with Gasteiger partial charge in [0.2, 0.25) is 0 Å². The number of carbonyl (C=O) groups excluding carboxylic acids is 2. The zero-order chi connectivity index (χ0) is 17.8. The number of anilines is 1. The van der Waals surface area contributed by atoms with Gasteiger partial charge in [-0.15, -0.1) is 0 Å². The quantitative estimate of drug-likeness (QED) is 0.865. The van der Waals surface area contributed by atoms with E-state index < -0.39 is 0 Å². The van der Waals surface area contributed by atoms with E-state index in [1.807, 2.05) is 30.5 Å². The summed E-state index contributed by atoms with van der Waals surface area (Å²) >= 11 is 0. The summed E-state index contributed by atoms with van der Waals surface area (Å²) in [7, 11) is 0. The smallest absolute Gasteiger partial charge is 0.321 e. The zero-order valence-corrected chi connectivity index (χ0v) is 14.8. The van der Waals surface area contributed by atoms with Crippen LogP contribution in [0.5, 0.6) is 0 Å². The summed E-state index contributed by atoms with van der Waals surface area (Å²) in [5.74, 6) is -0.431. The number of fused-ring (bicyclic) bond motifs is 1. The fourth-order valence-electron chi connectivity index (χ4n) is 3.42. The van der Waals surface area contributed by atoms with Crippen LogP contribution in [0.25, 0.3) is 10.9 Å². The summed E-state index contributed by atoms with van der Waals surface area (Å²) in [5.41, 5.74) is 1.91. The Balaban J connectivity index is 1.73. The summed E-state index contributed by atoms with van der Waals surface area (Å²) in [5, 5.41) is 4.04. The molecule has 3 rings (SSSR count). The Bertz CT molecular complexity index is 768. The Labute approximate surface area is 147 Å². The molecule has 0 spiro atoms. The number of nitrogens with zero attached hydrogens (tertiary/aromatic N) is 2. The molecule has 2 amide bonds. The van der Waals surface area contributed by atoms with Crippen LogP contribution in [0.4, 0.5) is 10.5 Å². The number of benzene rings is 1. The van der Waals surface area contributed by atoms with Gasteiger partial charge in [0.15, 0.2) is 0 Å². The molecule has 1 atom stereocenters. The van der Waals surface area contributed by atoms with Gasteiger partial charge in [0.25, 0.3) is 0 Å². The van der Waals surface area contributed by atoms with Gasteiger partial charge in [0.05, 0.1) is 23.7 Å². The lowest BCUT2D eigenvalue weighted by molar-refractivity contribution is -0.149. The molecule has 1 aromatic heterocycles. The summed E-state index contributed by atoms with van der Waals surface area (Å²) in [6.45, 7) is 6.16. The molecule has 1 N–H and O–H groups in total. The number of hydrogen-bond acceptors (Lipinski definition) is 3. The molecule has 0 radical (unpaired) electrons. The van der Waals surface area contributed by atoms with Crippen LogP contribution < -0.4 is 5.32 Å². The number of hydrogen-bond donors (Lipinski definition) is 1. The minimum Gasteiger partial charge on any atom is -0.466 e. The number of para-hydroxylation sites is 1. The first kappa shape index (κ1) is 17.3. The van der Waals surface area contributed by atoms with Crippen LogP contribution in [-0.4, -0.2) is 41.2 Å². The van der Waals surface area contributed by atoms with Gasteiger partial charge < -0.3 is 19.5 Å². The molecule has 6 heteroatoms. The van der Waals surface area contributed by atoms with Crippen molar-refractivity contribution in [1.82, 2.24) is 9.47 Å². The van der Waals surface area contributed by atoms with E-state index in [0.717, 1.165) is 36.0 Å².